The second-order valence-corrected chi connectivity index (χ2v) is 5.90. The lowest BCUT2D eigenvalue weighted by Crippen LogP contribution is -2.38. The molecule has 6 heteroatoms. The molecule has 18 heavy (non-hydrogen) atoms. The standard InChI is InChI=1S/C12H13N3O2S/c16-9-10-12(14-5-7-18(17)8-6-14)13-11-3-1-2-4-15(10)11/h1-4,9H,5-8H2. The van der Waals surface area contributed by atoms with Crippen LogP contribution in [0.15, 0.2) is 24.4 Å². The fourth-order valence-corrected chi connectivity index (χ4v) is 3.25. The van der Waals surface area contributed by atoms with Crippen molar-refractivity contribution in [2.45, 2.75) is 0 Å². The van der Waals surface area contributed by atoms with Gasteiger partial charge in [0.15, 0.2) is 12.1 Å². The van der Waals surface area contributed by atoms with E-state index in [9.17, 15) is 9.00 Å². The Hall–Kier alpha value is -1.69. The Labute approximate surface area is 107 Å². The van der Waals surface area contributed by atoms with Gasteiger partial charge in [0.1, 0.15) is 11.3 Å². The number of carbonyl (C=O) groups excluding carboxylic acids is 1. The number of rotatable bonds is 2. The number of aldehydes is 1. The Morgan fingerprint density at radius 3 is 2.78 bits per heavy atom. The highest BCUT2D eigenvalue weighted by Gasteiger charge is 2.21. The van der Waals surface area contributed by atoms with Gasteiger partial charge in [-0.3, -0.25) is 13.4 Å². The van der Waals surface area contributed by atoms with Crippen molar-refractivity contribution in [3.05, 3.63) is 30.1 Å². The van der Waals surface area contributed by atoms with Crippen LogP contribution in [0.4, 0.5) is 5.82 Å². The van der Waals surface area contributed by atoms with Gasteiger partial charge >= 0.3 is 0 Å². The lowest BCUT2D eigenvalue weighted by molar-refractivity contribution is 0.111. The third-order valence-corrected chi connectivity index (χ3v) is 4.41. The van der Waals surface area contributed by atoms with E-state index in [4.69, 9.17) is 0 Å². The third-order valence-electron chi connectivity index (χ3n) is 3.14. The van der Waals surface area contributed by atoms with E-state index in [0.29, 0.717) is 36.1 Å². The number of carbonyl (C=O) groups is 1. The largest absolute Gasteiger partial charge is 0.353 e. The molecule has 0 saturated carbocycles. The molecule has 0 bridgehead atoms. The van der Waals surface area contributed by atoms with Gasteiger partial charge in [0, 0.05) is 41.6 Å². The van der Waals surface area contributed by atoms with Crippen LogP contribution in [0, 0.1) is 0 Å². The molecule has 1 fully saturated rings. The second-order valence-electron chi connectivity index (χ2n) is 4.20. The van der Waals surface area contributed by atoms with Crippen molar-refractivity contribution in [2.24, 2.45) is 0 Å². The minimum Gasteiger partial charge on any atom is -0.353 e. The summed E-state index contributed by atoms with van der Waals surface area (Å²) in [5, 5.41) is 0. The normalized spacial score (nSPS) is 17.2. The van der Waals surface area contributed by atoms with Gasteiger partial charge in [-0.2, -0.15) is 0 Å². The van der Waals surface area contributed by atoms with Crippen LogP contribution in [0.3, 0.4) is 0 Å². The minimum absolute atomic E-state index is 0.568. The summed E-state index contributed by atoms with van der Waals surface area (Å²) >= 11 is 0. The molecule has 0 atom stereocenters. The smallest absolute Gasteiger partial charge is 0.170 e. The molecule has 1 aliphatic rings. The highest BCUT2D eigenvalue weighted by Crippen LogP contribution is 2.21. The Morgan fingerprint density at radius 2 is 2.06 bits per heavy atom. The van der Waals surface area contributed by atoms with Crippen molar-refractivity contribution in [3.63, 3.8) is 0 Å². The molecule has 0 unspecified atom stereocenters. The lowest BCUT2D eigenvalue weighted by Gasteiger charge is -2.26. The summed E-state index contributed by atoms with van der Waals surface area (Å²) in [5.74, 6) is 1.99. The van der Waals surface area contributed by atoms with Crippen LogP contribution in [-0.4, -0.2) is 44.5 Å². The zero-order valence-electron chi connectivity index (χ0n) is 9.78. The Balaban J connectivity index is 2.05. The number of imidazole rings is 1. The van der Waals surface area contributed by atoms with E-state index in [1.54, 1.807) is 4.40 Å². The van der Waals surface area contributed by atoms with E-state index in [1.807, 2.05) is 29.3 Å². The zero-order chi connectivity index (χ0) is 12.5. The van der Waals surface area contributed by atoms with Crippen LogP contribution in [-0.2, 0) is 10.8 Å². The van der Waals surface area contributed by atoms with E-state index in [1.165, 1.54) is 0 Å². The SMILES string of the molecule is O=Cc1c(N2CCS(=O)CC2)nc2ccccn12. The lowest BCUT2D eigenvalue weighted by atomic mass is 10.4. The summed E-state index contributed by atoms with van der Waals surface area (Å²) in [4.78, 5) is 17.8. The molecule has 1 saturated heterocycles. The molecular formula is C12H13N3O2S. The van der Waals surface area contributed by atoms with Crippen molar-refractivity contribution in [1.29, 1.82) is 0 Å². The maximum absolute atomic E-state index is 11.4. The summed E-state index contributed by atoms with van der Waals surface area (Å²) in [6.07, 6.45) is 2.67. The molecule has 2 aromatic heterocycles. The molecule has 3 rings (SSSR count). The van der Waals surface area contributed by atoms with Crippen LogP contribution < -0.4 is 4.90 Å². The summed E-state index contributed by atoms with van der Waals surface area (Å²) in [6, 6.07) is 5.64. The molecule has 2 aromatic rings. The van der Waals surface area contributed by atoms with E-state index >= 15 is 0 Å². The van der Waals surface area contributed by atoms with Crippen molar-refractivity contribution in [2.75, 3.05) is 29.5 Å². The van der Waals surface area contributed by atoms with Gasteiger partial charge < -0.3 is 4.90 Å². The molecule has 0 aliphatic carbocycles. The molecule has 5 nitrogen and oxygen atoms in total. The van der Waals surface area contributed by atoms with Gasteiger partial charge in [-0.1, -0.05) is 6.07 Å². The number of hydrogen-bond donors (Lipinski definition) is 0. The molecule has 1 aliphatic heterocycles. The van der Waals surface area contributed by atoms with Gasteiger partial charge in [-0.05, 0) is 12.1 Å². The highest BCUT2D eigenvalue weighted by molar-refractivity contribution is 7.85. The molecular weight excluding hydrogens is 250 g/mol. The maximum Gasteiger partial charge on any atom is 0.170 e. The molecule has 0 aromatic carbocycles. The first-order valence-electron chi connectivity index (χ1n) is 5.82. The molecule has 0 spiro atoms. The summed E-state index contributed by atoms with van der Waals surface area (Å²) < 4.78 is 13.1. The van der Waals surface area contributed by atoms with E-state index < -0.39 is 10.8 Å². The maximum atomic E-state index is 11.4. The van der Waals surface area contributed by atoms with E-state index in [2.05, 4.69) is 4.98 Å². The number of hydrogen-bond acceptors (Lipinski definition) is 4. The number of nitrogens with zero attached hydrogens (tertiary/aromatic N) is 3. The van der Waals surface area contributed by atoms with E-state index in [0.717, 1.165) is 11.9 Å². The summed E-state index contributed by atoms with van der Waals surface area (Å²) in [5.41, 5.74) is 1.33. The molecule has 94 valence electrons. The first kappa shape index (κ1) is 11.4. The van der Waals surface area contributed by atoms with Crippen LogP contribution in [0.2, 0.25) is 0 Å². The van der Waals surface area contributed by atoms with Gasteiger partial charge in [0.25, 0.3) is 0 Å². The second kappa shape index (κ2) is 4.53. The monoisotopic (exact) mass is 263 g/mol. The quantitative estimate of drug-likeness (QED) is 0.749. The fourth-order valence-electron chi connectivity index (χ4n) is 2.19. The zero-order valence-corrected chi connectivity index (χ0v) is 10.6. The van der Waals surface area contributed by atoms with Gasteiger partial charge in [0.2, 0.25) is 0 Å². The van der Waals surface area contributed by atoms with Crippen LogP contribution in [0.1, 0.15) is 10.5 Å². The van der Waals surface area contributed by atoms with Crippen LogP contribution in [0.25, 0.3) is 5.65 Å². The average Bonchev–Trinajstić information content (AvgIpc) is 2.78. The minimum atomic E-state index is -0.726. The summed E-state index contributed by atoms with van der Waals surface area (Å²) in [7, 11) is -0.726. The fraction of sp³-hybridized carbons (Fsp3) is 0.333. The van der Waals surface area contributed by atoms with Gasteiger partial charge in [-0.15, -0.1) is 0 Å². The van der Waals surface area contributed by atoms with E-state index in [-0.39, 0.29) is 0 Å². The predicted octanol–water partition coefficient (Wildman–Crippen LogP) is 0.715. The number of aromatic nitrogens is 2. The number of fused-ring (bicyclic) bond motifs is 1. The summed E-state index contributed by atoms with van der Waals surface area (Å²) in [6.45, 7) is 1.38. The topological polar surface area (TPSA) is 54.7 Å². The molecule has 0 N–H and O–H groups in total. The van der Waals surface area contributed by atoms with Crippen LogP contribution >= 0.6 is 0 Å². The first-order chi connectivity index (χ1) is 8.79. The molecule has 3 heterocycles. The molecule has 0 amide bonds. The van der Waals surface area contributed by atoms with Gasteiger partial charge in [-0.25, -0.2) is 4.98 Å². The van der Waals surface area contributed by atoms with Gasteiger partial charge in [0.05, 0.1) is 0 Å². The highest BCUT2D eigenvalue weighted by atomic mass is 32.2. The average molecular weight is 263 g/mol. The number of anilines is 1. The van der Waals surface area contributed by atoms with Crippen molar-refractivity contribution < 1.29 is 9.00 Å². The predicted molar refractivity (Wildman–Crippen MR) is 70.7 cm³/mol. The first-order valence-corrected chi connectivity index (χ1v) is 7.30. The Morgan fingerprint density at radius 1 is 1.28 bits per heavy atom. The Bertz CT molecular complexity index is 613. The van der Waals surface area contributed by atoms with Crippen molar-refractivity contribution in [1.82, 2.24) is 9.38 Å². The van der Waals surface area contributed by atoms with Crippen LogP contribution in [0.5, 0.6) is 0 Å². The third kappa shape index (κ3) is 1.82. The Kier molecular flexibility index (Phi) is 2.87. The molecule has 0 radical (unpaired) electrons. The number of pyridine rings is 1. The van der Waals surface area contributed by atoms with Crippen molar-refractivity contribution >= 4 is 28.6 Å². The van der Waals surface area contributed by atoms with Crippen molar-refractivity contribution in [3.8, 4) is 0 Å².